The van der Waals surface area contributed by atoms with Crippen molar-refractivity contribution in [2.45, 2.75) is 17.4 Å². The Hall–Kier alpha value is -1.91. The second-order valence-corrected chi connectivity index (χ2v) is 8.50. The van der Waals surface area contributed by atoms with E-state index in [1.807, 2.05) is 0 Å². The number of thioether (sulfide) groups is 1. The summed E-state index contributed by atoms with van der Waals surface area (Å²) in [6, 6.07) is 5.03. The summed E-state index contributed by atoms with van der Waals surface area (Å²) in [4.78, 5) is 36.2. The molecule has 1 atom stereocenters. The first kappa shape index (κ1) is 17.9. The van der Waals surface area contributed by atoms with Gasteiger partial charge in [-0.3, -0.25) is 14.5 Å². The van der Waals surface area contributed by atoms with Crippen LogP contribution in [0, 0.1) is 0 Å². The Morgan fingerprint density at radius 2 is 1.92 bits per heavy atom. The van der Waals surface area contributed by atoms with Gasteiger partial charge in [-0.2, -0.15) is 4.31 Å². The maximum Gasteiger partial charge on any atom is 0.337 e. The zero-order valence-electron chi connectivity index (χ0n) is 13.4. The average Bonchev–Trinajstić information content (AvgIpc) is 3.21. The van der Waals surface area contributed by atoms with E-state index in [0.29, 0.717) is 6.42 Å². The molecule has 2 saturated heterocycles. The lowest BCUT2D eigenvalue weighted by molar-refractivity contribution is -0.126. The average molecular weight is 384 g/mol. The largest absolute Gasteiger partial charge is 0.465 e. The molecule has 8 nitrogen and oxygen atoms in total. The zero-order valence-corrected chi connectivity index (χ0v) is 15.0. The van der Waals surface area contributed by atoms with Crippen LogP contribution in [0.5, 0.6) is 0 Å². The van der Waals surface area contributed by atoms with E-state index >= 15 is 0 Å². The lowest BCUT2D eigenvalue weighted by Crippen LogP contribution is -2.41. The van der Waals surface area contributed by atoms with E-state index in [-0.39, 0.29) is 40.4 Å². The molecular weight excluding hydrogens is 368 g/mol. The number of sulfonamides is 1. The van der Waals surface area contributed by atoms with E-state index in [4.69, 9.17) is 0 Å². The Bertz CT molecular complexity index is 805. The van der Waals surface area contributed by atoms with E-state index in [2.05, 4.69) is 4.74 Å². The first-order valence-electron chi connectivity index (χ1n) is 7.52. The van der Waals surface area contributed by atoms with Gasteiger partial charge in [-0.25, -0.2) is 13.2 Å². The van der Waals surface area contributed by atoms with Crippen molar-refractivity contribution in [1.82, 2.24) is 9.21 Å². The lowest BCUT2D eigenvalue weighted by Gasteiger charge is -2.21. The molecule has 2 heterocycles. The van der Waals surface area contributed by atoms with E-state index in [1.165, 1.54) is 40.6 Å². The van der Waals surface area contributed by atoms with Crippen LogP contribution in [-0.4, -0.2) is 66.7 Å². The highest BCUT2D eigenvalue weighted by Crippen LogP contribution is 2.29. The third kappa shape index (κ3) is 3.29. The van der Waals surface area contributed by atoms with Gasteiger partial charge in [0.1, 0.15) is 0 Å². The summed E-state index contributed by atoms with van der Waals surface area (Å²) in [5.41, 5.74) is 0.256. The molecule has 0 aromatic heterocycles. The third-order valence-corrected chi connectivity index (χ3v) is 6.90. The van der Waals surface area contributed by atoms with Gasteiger partial charge in [0.25, 0.3) is 5.24 Å². The molecule has 2 amide bonds. The van der Waals surface area contributed by atoms with E-state index < -0.39 is 22.0 Å². The summed E-state index contributed by atoms with van der Waals surface area (Å²) in [6.45, 7) is 0.312. The number of esters is 1. The van der Waals surface area contributed by atoms with Gasteiger partial charge >= 0.3 is 5.97 Å². The van der Waals surface area contributed by atoms with Crippen molar-refractivity contribution in [3.63, 3.8) is 0 Å². The predicted molar refractivity (Wildman–Crippen MR) is 89.6 cm³/mol. The summed E-state index contributed by atoms with van der Waals surface area (Å²) in [7, 11) is -2.51. The van der Waals surface area contributed by atoms with Crippen LogP contribution in [0.4, 0.5) is 4.79 Å². The molecule has 2 aliphatic rings. The zero-order chi connectivity index (χ0) is 18.2. The Kier molecular flexibility index (Phi) is 4.85. The number of hydrogen-bond donors (Lipinski definition) is 0. The van der Waals surface area contributed by atoms with Crippen LogP contribution in [0.25, 0.3) is 0 Å². The first-order valence-corrected chi connectivity index (χ1v) is 9.94. The maximum absolute atomic E-state index is 12.7. The number of methoxy groups -OCH3 is 1. The van der Waals surface area contributed by atoms with Crippen LogP contribution in [0.15, 0.2) is 29.2 Å². The smallest absolute Gasteiger partial charge is 0.337 e. The molecule has 10 heteroatoms. The van der Waals surface area contributed by atoms with Crippen LogP contribution in [0.3, 0.4) is 0 Å². The van der Waals surface area contributed by atoms with Crippen molar-refractivity contribution in [3.8, 4) is 0 Å². The number of rotatable bonds is 4. The van der Waals surface area contributed by atoms with Gasteiger partial charge in [0.15, 0.2) is 0 Å². The van der Waals surface area contributed by atoms with E-state index in [1.54, 1.807) is 0 Å². The molecule has 1 unspecified atom stereocenters. The lowest BCUT2D eigenvalue weighted by atomic mass is 10.2. The van der Waals surface area contributed by atoms with Crippen molar-refractivity contribution < 1.29 is 27.5 Å². The SMILES string of the molecule is COC(=O)c1ccc(S(=O)(=O)N2CCC(N3C(=O)CSC3=O)C2)cc1. The van der Waals surface area contributed by atoms with Crippen LogP contribution in [0.1, 0.15) is 16.8 Å². The molecule has 25 heavy (non-hydrogen) atoms. The number of carbonyl (C=O) groups is 3. The highest BCUT2D eigenvalue weighted by molar-refractivity contribution is 8.14. The Morgan fingerprint density at radius 1 is 1.24 bits per heavy atom. The van der Waals surface area contributed by atoms with Gasteiger partial charge in [-0.05, 0) is 30.7 Å². The normalized spacial score (nSPS) is 21.8. The van der Waals surface area contributed by atoms with E-state index in [0.717, 1.165) is 11.8 Å². The highest BCUT2D eigenvalue weighted by atomic mass is 32.2. The number of imide groups is 1. The molecule has 1 aromatic rings. The molecule has 0 radical (unpaired) electrons. The van der Waals surface area contributed by atoms with Gasteiger partial charge < -0.3 is 4.74 Å². The second kappa shape index (κ2) is 6.77. The van der Waals surface area contributed by atoms with Crippen molar-refractivity contribution in [2.24, 2.45) is 0 Å². The molecule has 3 rings (SSSR count). The standard InChI is InChI=1S/C15H16N2O6S2/c1-23-14(19)10-2-4-12(5-3-10)25(21,22)16-7-6-11(8-16)17-13(18)9-24-15(17)20/h2-5,11H,6-9H2,1H3. The molecule has 2 aliphatic heterocycles. The highest BCUT2D eigenvalue weighted by Gasteiger charge is 2.42. The topological polar surface area (TPSA) is 101 Å². The molecule has 0 bridgehead atoms. The summed E-state index contributed by atoms with van der Waals surface area (Å²) in [5, 5.41) is -0.323. The Morgan fingerprint density at radius 3 is 2.48 bits per heavy atom. The van der Waals surface area contributed by atoms with Gasteiger partial charge in [0.05, 0.1) is 29.4 Å². The minimum Gasteiger partial charge on any atom is -0.465 e. The maximum atomic E-state index is 12.7. The summed E-state index contributed by atoms with van der Waals surface area (Å²) >= 11 is 0.938. The van der Waals surface area contributed by atoms with Crippen LogP contribution in [-0.2, 0) is 19.6 Å². The molecule has 0 spiro atoms. The molecular formula is C15H16N2O6S2. The summed E-state index contributed by atoms with van der Waals surface area (Å²) in [5.74, 6) is -0.715. The fourth-order valence-corrected chi connectivity index (χ4v) is 5.15. The van der Waals surface area contributed by atoms with Gasteiger partial charge in [0.2, 0.25) is 15.9 Å². The fourth-order valence-electron chi connectivity index (χ4n) is 2.89. The van der Waals surface area contributed by atoms with Crippen molar-refractivity contribution in [3.05, 3.63) is 29.8 Å². The van der Waals surface area contributed by atoms with E-state index in [9.17, 15) is 22.8 Å². The summed E-state index contributed by atoms with van der Waals surface area (Å²) < 4.78 is 31.3. The van der Waals surface area contributed by atoms with Crippen molar-refractivity contribution in [2.75, 3.05) is 26.0 Å². The van der Waals surface area contributed by atoms with Crippen molar-refractivity contribution >= 4 is 38.9 Å². The van der Waals surface area contributed by atoms with Crippen LogP contribution >= 0.6 is 11.8 Å². The molecule has 0 aliphatic carbocycles. The predicted octanol–water partition coefficient (Wildman–Crippen LogP) is 0.932. The monoisotopic (exact) mass is 384 g/mol. The first-order chi connectivity index (χ1) is 11.8. The molecule has 2 fully saturated rings. The Balaban J connectivity index is 1.76. The number of ether oxygens (including phenoxy) is 1. The Labute approximate surface area is 149 Å². The minimum atomic E-state index is -3.76. The van der Waals surface area contributed by atoms with Crippen molar-refractivity contribution in [1.29, 1.82) is 0 Å². The molecule has 1 aromatic carbocycles. The number of nitrogens with zero attached hydrogens (tertiary/aromatic N) is 2. The van der Waals surface area contributed by atoms with Gasteiger partial charge in [-0.1, -0.05) is 11.8 Å². The van der Waals surface area contributed by atoms with Crippen LogP contribution in [0.2, 0.25) is 0 Å². The fraction of sp³-hybridized carbons (Fsp3) is 0.400. The van der Waals surface area contributed by atoms with Gasteiger partial charge in [-0.15, -0.1) is 0 Å². The molecule has 0 N–H and O–H groups in total. The quantitative estimate of drug-likeness (QED) is 0.712. The molecule has 134 valence electrons. The van der Waals surface area contributed by atoms with Crippen LogP contribution < -0.4 is 0 Å². The number of carbonyl (C=O) groups excluding carboxylic acids is 3. The minimum absolute atomic E-state index is 0.0502. The number of benzene rings is 1. The second-order valence-electron chi connectivity index (χ2n) is 5.64. The third-order valence-electron chi connectivity index (χ3n) is 4.19. The number of hydrogen-bond acceptors (Lipinski definition) is 7. The summed E-state index contributed by atoms with van der Waals surface area (Å²) in [6.07, 6.45) is 0.414. The molecule has 0 saturated carbocycles. The number of amides is 2. The van der Waals surface area contributed by atoms with Gasteiger partial charge in [0, 0.05) is 13.1 Å².